The number of halogens is 2. The maximum absolute atomic E-state index is 13.1. The maximum atomic E-state index is 13.1. The lowest BCUT2D eigenvalue weighted by molar-refractivity contribution is -0.255. The topological polar surface area (TPSA) is 49.4 Å². The van der Waals surface area contributed by atoms with Crippen LogP contribution in [0.3, 0.4) is 0 Å². The second-order valence-corrected chi connectivity index (χ2v) is 2.64. The number of carboxylic acid groups (broad SMARTS) is 1. The minimum absolute atomic E-state index is 0.193. The van der Waals surface area contributed by atoms with E-state index >= 15 is 0 Å². The highest BCUT2D eigenvalue weighted by Gasteiger charge is 2.13. The van der Waals surface area contributed by atoms with Gasteiger partial charge in [-0.15, -0.1) is 0 Å². The van der Waals surface area contributed by atoms with E-state index in [1.165, 1.54) is 0 Å². The van der Waals surface area contributed by atoms with E-state index in [9.17, 15) is 14.3 Å². The summed E-state index contributed by atoms with van der Waals surface area (Å²) in [6.45, 7) is 0. The summed E-state index contributed by atoms with van der Waals surface area (Å²) < 4.78 is 17.6. The molecule has 0 saturated carbocycles. The first-order chi connectivity index (χ1) is 6.07. The molecule has 0 saturated heterocycles. The van der Waals surface area contributed by atoms with Gasteiger partial charge in [0.1, 0.15) is 0 Å². The van der Waals surface area contributed by atoms with E-state index < -0.39 is 17.5 Å². The Hall–Kier alpha value is -1.29. The number of carbonyl (C=O) groups is 1. The Balaban J connectivity index is 3.38. The molecular formula is C8H5ClFO3-. The third kappa shape index (κ3) is 1.72. The van der Waals surface area contributed by atoms with E-state index in [0.717, 1.165) is 19.2 Å². The zero-order valence-corrected chi connectivity index (χ0v) is 7.39. The van der Waals surface area contributed by atoms with Crippen LogP contribution in [0, 0.1) is 5.82 Å². The number of methoxy groups -OCH3 is 1. The van der Waals surface area contributed by atoms with Gasteiger partial charge in [-0.2, -0.15) is 0 Å². The Bertz CT molecular complexity index is 351. The van der Waals surface area contributed by atoms with Crippen LogP contribution in [-0.4, -0.2) is 13.1 Å². The second-order valence-electron chi connectivity index (χ2n) is 2.23. The lowest BCUT2D eigenvalue weighted by Gasteiger charge is -2.10. The molecule has 3 nitrogen and oxygen atoms in total. The molecule has 0 N–H and O–H groups in total. The Kier molecular flexibility index (Phi) is 2.72. The van der Waals surface area contributed by atoms with Crippen molar-refractivity contribution in [1.82, 2.24) is 0 Å². The first-order valence-corrected chi connectivity index (χ1v) is 3.69. The molecule has 0 atom stereocenters. The number of benzene rings is 1. The summed E-state index contributed by atoms with van der Waals surface area (Å²) in [6, 6.07) is 2.25. The van der Waals surface area contributed by atoms with Crippen LogP contribution in [-0.2, 0) is 0 Å². The average Bonchev–Trinajstić information content (AvgIpc) is 2.09. The van der Waals surface area contributed by atoms with E-state index in [0.29, 0.717) is 0 Å². The van der Waals surface area contributed by atoms with Gasteiger partial charge < -0.3 is 14.6 Å². The molecule has 1 aromatic rings. The summed E-state index contributed by atoms with van der Waals surface area (Å²) in [6.07, 6.45) is 0. The van der Waals surface area contributed by atoms with Crippen molar-refractivity contribution in [2.75, 3.05) is 7.11 Å². The summed E-state index contributed by atoms with van der Waals surface area (Å²) >= 11 is 5.40. The lowest BCUT2D eigenvalue weighted by Crippen LogP contribution is -2.23. The molecule has 0 aromatic heterocycles. The zero-order valence-electron chi connectivity index (χ0n) is 6.64. The predicted molar refractivity (Wildman–Crippen MR) is 42.3 cm³/mol. The van der Waals surface area contributed by atoms with Gasteiger partial charge in [0.25, 0.3) is 0 Å². The van der Waals surface area contributed by atoms with Gasteiger partial charge >= 0.3 is 0 Å². The number of aromatic carboxylic acids is 1. The Morgan fingerprint density at radius 2 is 2.23 bits per heavy atom. The number of carbonyl (C=O) groups excluding carboxylic acids is 1. The molecular weight excluding hydrogens is 199 g/mol. The molecule has 0 bridgehead atoms. The summed E-state index contributed by atoms with van der Waals surface area (Å²) in [4.78, 5) is 10.4. The summed E-state index contributed by atoms with van der Waals surface area (Å²) in [5.74, 6) is -2.81. The van der Waals surface area contributed by atoms with Crippen LogP contribution in [0.15, 0.2) is 12.1 Å². The van der Waals surface area contributed by atoms with Crippen LogP contribution in [0.1, 0.15) is 10.4 Å². The van der Waals surface area contributed by atoms with E-state index in [2.05, 4.69) is 4.74 Å². The van der Waals surface area contributed by atoms with Gasteiger partial charge in [0.2, 0.25) is 0 Å². The minimum Gasteiger partial charge on any atom is -0.545 e. The van der Waals surface area contributed by atoms with Crippen LogP contribution in [0.4, 0.5) is 4.39 Å². The number of carboxylic acids is 1. The quantitative estimate of drug-likeness (QED) is 0.716. The molecule has 0 unspecified atom stereocenters. The molecule has 0 aliphatic rings. The Labute approximate surface area is 78.7 Å². The molecule has 0 heterocycles. The van der Waals surface area contributed by atoms with Gasteiger partial charge in [-0.3, -0.25) is 0 Å². The van der Waals surface area contributed by atoms with E-state index in [1.807, 2.05) is 0 Å². The highest BCUT2D eigenvalue weighted by atomic mass is 35.5. The molecule has 13 heavy (non-hydrogen) atoms. The largest absolute Gasteiger partial charge is 0.545 e. The van der Waals surface area contributed by atoms with Crippen LogP contribution in [0.25, 0.3) is 0 Å². The maximum Gasteiger partial charge on any atom is 0.184 e. The molecule has 1 aromatic carbocycles. The molecule has 0 spiro atoms. The summed E-state index contributed by atoms with van der Waals surface area (Å²) in [5.41, 5.74) is -0.357. The molecule has 5 heteroatoms. The summed E-state index contributed by atoms with van der Waals surface area (Å²) in [7, 11) is 1.15. The van der Waals surface area contributed by atoms with E-state index in [4.69, 9.17) is 11.6 Å². The first-order valence-electron chi connectivity index (χ1n) is 3.31. The Morgan fingerprint density at radius 1 is 1.62 bits per heavy atom. The minimum atomic E-state index is -1.51. The number of hydrogen-bond donors (Lipinski definition) is 0. The highest BCUT2D eigenvalue weighted by Crippen LogP contribution is 2.27. The average molecular weight is 204 g/mol. The molecule has 0 radical (unpaired) electrons. The van der Waals surface area contributed by atoms with Crippen molar-refractivity contribution in [3.63, 3.8) is 0 Å². The molecule has 70 valence electrons. The van der Waals surface area contributed by atoms with Crippen molar-refractivity contribution >= 4 is 17.6 Å². The smallest absolute Gasteiger partial charge is 0.184 e. The van der Waals surface area contributed by atoms with Gasteiger partial charge in [0, 0.05) is 5.56 Å². The van der Waals surface area contributed by atoms with Crippen molar-refractivity contribution in [2.24, 2.45) is 0 Å². The molecule has 0 fully saturated rings. The molecule has 0 aliphatic heterocycles. The molecule has 1 rings (SSSR count). The van der Waals surface area contributed by atoms with E-state index in [1.54, 1.807) is 0 Å². The molecule has 0 aliphatic carbocycles. The standard InChI is InChI=1S/C8H6ClFO3/c1-13-7-4(8(11)12)2-3-5(9)6(7)10/h2-3H,1H3,(H,11,12)/p-1. The van der Waals surface area contributed by atoms with Crippen LogP contribution >= 0.6 is 11.6 Å². The fourth-order valence-electron chi connectivity index (χ4n) is 0.892. The highest BCUT2D eigenvalue weighted by molar-refractivity contribution is 6.31. The Morgan fingerprint density at radius 3 is 2.69 bits per heavy atom. The number of ether oxygens (including phenoxy) is 1. The fraction of sp³-hybridized carbons (Fsp3) is 0.125. The van der Waals surface area contributed by atoms with Gasteiger partial charge in [0.05, 0.1) is 18.1 Å². The normalized spacial score (nSPS) is 9.77. The van der Waals surface area contributed by atoms with Crippen molar-refractivity contribution in [3.8, 4) is 5.75 Å². The number of rotatable bonds is 2. The van der Waals surface area contributed by atoms with Crippen molar-refractivity contribution in [1.29, 1.82) is 0 Å². The van der Waals surface area contributed by atoms with Crippen molar-refractivity contribution < 1.29 is 19.0 Å². The van der Waals surface area contributed by atoms with Crippen LogP contribution < -0.4 is 9.84 Å². The third-order valence-electron chi connectivity index (χ3n) is 1.47. The van der Waals surface area contributed by atoms with Crippen molar-refractivity contribution in [3.05, 3.63) is 28.5 Å². The second kappa shape index (κ2) is 3.62. The van der Waals surface area contributed by atoms with Crippen LogP contribution in [0.5, 0.6) is 5.75 Å². The van der Waals surface area contributed by atoms with E-state index in [-0.39, 0.29) is 10.6 Å². The first kappa shape index (κ1) is 9.80. The lowest BCUT2D eigenvalue weighted by atomic mass is 10.2. The number of hydrogen-bond acceptors (Lipinski definition) is 3. The monoisotopic (exact) mass is 203 g/mol. The third-order valence-corrected chi connectivity index (χ3v) is 1.77. The fourth-order valence-corrected chi connectivity index (χ4v) is 1.04. The molecule has 0 amide bonds. The van der Waals surface area contributed by atoms with Crippen LogP contribution in [0.2, 0.25) is 5.02 Å². The van der Waals surface area contributed by atoms with Crippen molar-refractivity contribution in [2.45, 2.75) is 0 Å². The predicted octanol–water partition coefficient (Wildman–Crippen LogP) is 0.851. The van der Waals surface area contributed by atoms with Gasteiger partial charge in [-0.1, -0.05) is 11.6 Å². The van der Waals surface area contributed by atoms with Gasteiger partial charge in [-0.25, -0.2) is 4.39 Å². The van der Waals surface area contributed by atoms with Gasteiger partial charge in [0.15, 0.2) is 11.6 Å². The zero-order chi connectivity index (χ0) is 10.0. The van der Waals surface area contributed by atoms with Gasteiger partial charge in [-0.05, 0) is 12.1 Å². The SMILES string of the molecule is COc1c(C(=O)[O-])ccc(Cl)c1F. The summed E-state index contributed by atoms with van der Waals surface area (Å²) in [5, 5.41) is 10.3.